The molecule has 1 atom stereocenters. The molecule has 0 aliphatic carbocycles. The first-order valence-electron chi connectivity index (χ1n) is 5.92. The minimum Gasteiger partial charge on any atom is -0.370 e. The third-order valence-corrected chi connectivity index (χ3v) is 3.89. The fourth-order valence-corrected chi connectivity index (χ4v) is 3.01. The highest BCUT2D eigenvalue weighted by Crippen LogP contribution is 2.41. The predicted octanol–water partition coefficient (Wildman–Crippen LogP) is 3.31. The van der Waals surface area contributed by atoms with Crippen LogP contribution in [0.5, 0.6) is 0 Å². The number of nitrogens with two attached hydrogens (primary N) is 1. The van der Waals surface area contributed by atoms with E-state index in [1.54, 1.807) is 0 Å². The van der Waals surface area contributed by atoms with E-state index >= 15 is 0 Å². The number of hydrogen-bond acceptors (Lipinski definition) is 1. The van der Waals surface area contributed by atoms with Crippen molar-refractivity contribution in [1.29, 1.82) is 5.41 Å². The molecule has 2 aromatic rings. The van der Waals surface area contributed by atoms with Crippen molar-refractivity contribution in [2.24, 2.45) is 5.73 Å². The van der Waals surface area contributed by atoms with Crippen molar-refractivity contribution in [3.05, 3.63) is 40.9 Å². The second-order valence-electron chi connectivity index (χ2n) is 4.73. The van der Waals surface area contributed by atoms with Gasteiger partial charge in [-0.15, -0.1) is 0 Å². The molecule has 3 rings (SSSR count). The number of fused-ring (bicyclic) bond motifs is 3. The van der Waals surface area contributed by atoms with Gasteiger partial charge in [-0.3, -0.25) is 5.41 Å². The van der Waals surface area contributed by atoms with E-state index in [1.807, 2.05) is 29.2 Å². The highest BCUT2D eigenvalue weighted by atomic mass is 35.5. The maximum absolute atomic E-state index is 7.64. The highest BCUT2D eigenvalue weighted by Gasteiger charge is 2.28. The predicted molar refractivity (Wildman–Crippen MR) is 76.6 cm³/mol. The summed E-state index contributed by atoms with van der Waals surface area (Å²) in [5.74, 6) is 0.452. The van der Waals surface area contributed by atoms with Gasteiger partial charge >= 0.3 is 0 Å². The van der Waals surface area contributed by atoms with E-state index in [1.165, 1.54) is 5.56 Å². The standard InChI is InChI=1S/C14H14ClN3/c1-8-7-18(14(16)17)12-6-5-9-10(13(8)12)3-2-4-11(9)15/h2-6,8H,7H2,1H3,(H3,16,17). The Morgan fingerprint density at radius 3 is 2.83 bits per heavy atom. The molecule has 2 aromatic carbocycles. The average Bonchev–Trinajstić information content (AvgIpc) is 2.68. The molecule has 1 aliphatic heterocycles. The monoisotopic (exact) mass is 259 g/mol. The first kappa shape index (κ1) is 11.4. The van der Waals surface area contributed by atoms with Gasteiger partial charge in [0.15, 0.2) is 5.96 Å². The van der Waals surface area contributed by atoms with E-state index in [2.05, 4.69) is 13.0 Å². The van der Waals surface area contributed by atoms with Crippen molar-refractivity contribution in [2.45, 2.75) is 12.8 Å². The van der Waals surface area contributed by atoms with Gasteiger partial charge in [0.2, 0.25) is 0 Å². The summed E-state index contributed by atoms with van der Waals surface area (Å²) in [5, 5.41) is 10.6. The van der Waals surface area contributed by atoms with Gasteiger partial charge in [0.05, 0.1) is 0 Å². The van der Waals surface area contributed by atoms with Crippen molar-refractivity contribution in [3.8, 4) is 0 Å². The lowest BCUT2D eigenvalue weighted by Crippen LogP contribution is -2.35. The normalized spacial score (nSPS) is 18.1. The van der Waals surface area contributed by atoms with Gasteiger partial charge in [-0.1, -0.05) is 36.7 Å². The van der Waals surface area contributed by atoms with E-state index in [9.17, 15) is 0 Å². The Bertz CT molecular complexity index is 651. The molecule has 0 bridgehead atoms. The van der Waals surface area contributed by atoms with Crippen molar-refractivity contribution in [2.75, 3.05) is 11.4 Å². The van der Waals surface area contributed by atoms with Crippen LogP contribution in [0.25, 0.3) is 10.8 Å². The number of rotatable bonds is 0. The number of nitrogens with one attached hydrogen (secondary N) is 1. The Labute approximate surface area is 111 Å². The number of halogens is 1. The molecule has 18 heavy (non-hydrogen) atoms. The SMILES string of the molecule is CC1CN(C(=N)N)c2ccc3c(Cl)cccc3c21. The molecular formula is C14H14ClN3. The van der Waals surface area contributed by atoms with E-state index in [4.69, 9.17) is 22.7 Å². The second kappa shape index (κ2) is 3.89. The van der Waals surface area contributed by atoms with Crippen molar-refractivity contribution >= 4 is 34.0 Å². The molecule has 0 spiro atoms. The minimum atomic E-state index is 0.0991. The van der Waals surface area contributed by atoms with Crippen molar-refractivity contribution < 1.29 is 0 Å². The lowest BCUT2D eigenvalue weighted by molar-refractivity contribution is 0.822. The molecule has 3 N–H and O–H groups in total. The molecule has 3 nitrogen and oxygen atoms in total. The van der Waals surface area contributed by atoms with Crippen LogP contribution in [-0.2, 0) is 0 Å². The Hall–Kier alpha value is -1.74. The number of hydrogen-bond donors (Lipinski definition) is 2. The zero-order valence-corrected chi connectivity index (χ0v) is 10.8. The molecule has 0 radical (unpaired) electrons. The van der Waals surface area contributed by atoms with E-state index in [0.29, 0.717) is 5.92 Å². The summed E-state index contributed by atoms with van der Waals surface area (Å²) in [6.07, 6.45) is 0. The maximum atomic E-state index is 7.64. The van der Waals surface area contributed by atoms with Crippen molar-refractivity contribution in [1.82, 2.24) is 0 Å². The third-order valence-electron chi connectivity index (χ3n) is 3.56. The summed E-state index contributed by atoms with van der Waals surface area (Å²) in [4.78, 5) is 1.85. The lowest BCUT2D eigenvalue weighted by atomic mass is 9.96. The van der Waals surface area contributed by atoms with Crippen LogP contribution in [0, 0.1) is 5.41 Å². The summed E-state index contributed by atoms with van der Waals surface area (Å²) < 4.78 is 0. The topological polar surface area (TPSA) is 53.1 Å². The number of benzene rings is 2. The van der Waals surface area contributed by atoms with E-state index in [-0.39, 0.29) is 5.96 Å². The highest BCUT2D eigenvalue weighted by molar-refractivity contribution is 6.35. The Balaban J connectivity index is 2.33. The van der Waals surface area contributed by atoms with Crippen LogP contribution in [-0.4, -0.2) is 12.5 Å². The molecule has 0 fully saturated rings. The molecule has 1 unspecified atom stereocenters. The van der Waals surface area contributed by atoms with Gasteiger partial charge in [-0.05, 0) is 23.1 Å². The lowest BCUT2D eigenvalue weighted by Gasteiger charge is -2.17. The van der Waals surface area contributed by atoms with E-state index < -0.39 is 0 Å². The van der Waals surface area contributed by atoms with Gasteiger partial charge in [0, 0.05) is 28.6 Å². The molecule has 4 heteroatoms. The Morgan fingerprint density at radius 1 is 1.33 bits per heavy atom. The molecule has 1 aliphatic rings. The third kappa shape index (κ3) is 1.47. The average molecular weight is 260 g/mol. The quantitative estimate of drug-likeness (QED) is 0.563. The summed E-state index contributed by atoms with van der Waals surface area (Å²) in [7, 11) is 0. The smallest absolute Gasteiger partial charge is 0.192 e. The summed E-state index contributed by atoms with van der Waals surface area (Å²) in [5.41, 5.74) is 7.91. The molecule has 0 saturated carbocycles. The number of anilines is 1. The van der Waals surface area contributed by atoms with Crippen LogP contribution >= 0.6 is 11.6 Å². The molecule has 92 valence electrons. The van der Waals surface area contributed by atoms with Crippen LogP contribution < -0.4 is 10.6 Å². The largest absolute Gasteiger partial charge is 0.370 e. The number of nitrogens with zero attached hydrogens (tertiary/aromatic N) is 1. The Kier molecular flexibility index (Phi) is 2.45. The molecule has 1 heterocycles. The minimum absolute atomic E-state index is 0.0991. The summed E-state index contributed by atoms with van der Waals surface area (Å²) >= 11 is 6.22. The number of guanidine groups is 1. The van der Waals surface area contributed by atoms with Gasteiger partial charge in [0.1, 0.15) is 0 Å². The zero-order valence-electron chi connectivity index (χ0n) is 10.1. The fraction of sp³-hybridized carbons (Fsp3) is 0.214. The van der Waals surface area contributed by atoms with Crippen molar-refractivity contribution in [3.63, 3.8) is 0 Å². The maximum Gasteiger partial charge on any atom is 0.192 e. The first-order valence-corrected chi connectivity index (χ1v) is 6.30. The van der Waals surface area contributed by atoms with Crippen LogP contribution in [0.2, 0.25) is 5.02 Å². The zero-order chi connectivity index (χ0) is 12.9. The van der Waals surface area contributed by atoms with Gasteiger partial charge in [-0.25, -0.2) is 0 Å². The second-order valence-corrected chi connectivity index (χ2v) is 5.14. The Morgan fingerprint density at radius 2 is 2.11 bits per heavy atom. The van der Waals surface area contributed by atoms with Crippen LogP contribution in [0.15, 0.2) is 30.3 Å². The molecule has 0 amide bonds. The van der Waals surface area contributed by atoms with Gasteiger partial charge in [0.25, 0.3) is 0 Å². The van der Waals surface area contributed by atoms with Crippen LogP contribution in [0.4, 0.5) is 5.69 Å². The van der Waals surface area contributed by atoms with E-state index in [0.717, 1.165) is 28.0 Å². The van der Waals surface area contributed by atoms with Gasteiger partial charge < -0.3 is 10.6 Å². The molecule has 0 saturated heterocycles. The van der Waals surface area contributed by atoms with Gasteiger partial charge in [-0.2, -0.15) is 0 Å². The first-order chi connectivity index (χ1) is 8.59. The summed E-state index contributed by atoms with van der Waals surface area (Å²) in [6, 6.07) is 9.96. The molecular weight excluding hydrogens is 246 g/mol. The molecule has 0 aromatic heterocycles. The summed E-state index contributed by atoms with van der Waals surface area (Å²) in [6.45, 7) is 2.92. The fourth-order valence-electron chi connectivity index (χ4n) is 2.78. The van der Waals surface area contributed by atoms with Crippen LogP contribution in [0.3, 0.4) is 0 Å². The van der Waals surface area contributed by atoms with Crippen LogP contribution in [0.1, 0.15) is 18.4 Å².